The van der Waals surface area contributed by atoms with Crippen LogP contribution in [0.3, 0.4) is 0 Å². The third-order valence-electron chi connectivity index (χ3n) is 5.17. The molecule has 1 unspecified atom stereocenters. The molecule has 3 rings (SSSR count). The predicted molar refractivity (Wildman–Crippen MR) is 83.3 cm³/mol. The second-order valence-corrected chi connectivity index (χ2v) is 6.50. The highest BCUT2D eigenvalue weighted by Gasteiger charge is 2.24. The number of hydrogen-bond donors (Lipinski definition) is 1. The number of fused-ring (bicyclic) bond motifs is 1. The highest BCUT2D eigenvalue weighted by Crippen LogP contribution is 2.33. The maximum Gasteiger partial charge on any atom is 0.122 e. The lowest BCUT2D eigenvalue weighted by Gasteiger charge is -2.28. The number of para-hydroxylation sites is 1. The summed E-state index contributed by atoms with van der Waals surface area (Å²) in [5.74, 6) is 3.53. The SMILES string of the molecule is CCC1CCC(CNCC2COc3ccccc32)CC1. The van der Waals surface area contributed by atoms with Crippen LogP contribution in [0, 0.1) is 11.8 Å². The topological polar surface area (TPSA) is 21.3 Å². The second kappa shape index (κ2) is 6.62. The van der Waals surface area contributed by atoms with Crippen LogP contribution in [-0.2, 0) is 0 Å². The Labute approximate surface area is 122 Å². The molecule has 1 N–H and O–H groups in total. The van der Waals surface area contributed by atoms with Crippen molar-refractivity contribution in [3.05, 3.63) is 29.8 Å². The average molecular weight is 273 g/mol. The maximum atomic E-state index is 5.74. The van der Waals surface area contributed by atoms with Gasteiger partial charge in [-0.2, -0.15) is 0 Å². The van der Waals surface area contributed by atoms with Crippen LogP contribution in [-0.4, -0.2) is 19.7 Å². The van der Waals surface area contributed by atoms with Gasteiger partial charge < -0.3 is 10.1 Å². The van der Waals surface area contributed by atoms with E-state index in [1.807, 2.05) is 0 Å². The van der Waals surface area contributed by atoms with Crippen molar-refractivity contribution in [3.63, 3.8) is 0 Å². The van der Waals surface area contributed by atoms with Gasteiger partial charge in [0.05, 0.1) is 6.61 Å². The van der Waals surface area contributed by atoms with Crippen LogP contribution in [0.2, 0.25) is 0 Å². The first-order valence-electron chi connectivity index (χ1n) is 8.29. The third kappa shape index (κ3) is 3.17. The molecule has 1 atom stereocenters. The minimum atomic E-state index is 0.540. The van der Waals surface area contributed by atoms with Crippen LogP contribution in [0.25, 0.3) is 0 Å². The maximum absolute atomic E-state index is 5.74. The Morgan fingerprint density at radius 1 is 1.05 bits per heavy atom. The lowest BCUT2D eigenvalue weighted by molar-refractivity contribution is 0.259. The van der Waals surface area contributed by atoms with Gasteiger partial charge in [-0.1, -0.05) is 44.4 Å². The minimum Gasteiger partial charge on any atom is -0.493 e. The highest BCUT2D eigenvalue weighted by molar-refractivity contribution is 5.39. The van der Waals surface area contributed by atoms with Crippen molar-refractivity contribution in [1.82, 2.24) is 5.32 Å². The fourth-order valence-corrected chi connectivity index (χ4v) is 3.70. The standard InChI is InChI=1S/C18H27NO/c1-2-14-7-9-15(10-8-14)11-19-12-16-13-20-18-6-4-3-5-17(16)18/h3-6,14-16,19H,2,7-13H2,1H3. The molecule has 2 heteroatoms. The van der Waals surface area contributed by atoms with E-state index in [9.17, 15) is 0 Å². The molecule has 1 aliphatic heterocycles. The van der Waals surface area contributed by atoms with E-state index in [0.29, 0.717) is 5.92 Å². The van der Waals surface area contributed by atoms with Gasteiger partial charge in [-0.05, 0) is 37.3 Å². The summed E-state index contributed by atoms with van der Waals surface area (Å²) in [7, 11) is 0. The zero-order chi connectivity index (χ0) is 13.8. The number of hydrogen-bond acceptors (Lipinski definition) is 2. The smallest absolute Gasteiger partial charge is 0.122 e. The van der Waals surface area contributed by atoms with E-state index < -0.39 is 0 Å². The van der Waals surface area contributed by atoms with Crippen LogP contribution in [0.15, 0.2) is 24.3 Å². The van der Waals surface area contributed by atoms with Crippen molar-refractivity contribution in [2.75, 3.05) is 19.7 Å². The van der Waals surface area contributed by atoms with E-state index >= 15 is 0 Å². The largest absolute Gasteiger partial charge is 0.493 e. The van der Waals surface area contributed by atoms with E-state index in [1.165, 1.54) is 44.2 Å². The first kappa shape index (κ1) is 13.9. The molecule has 0 spiro atoms. The fraction of sp³-hybridized carbons (Fsp3) is 0.667. The molecule has 1 saturated carbocycles. The van der Waals surface area contributed by atoms with Crippen molar-refractivity contribution in [2.24, 2.45) is 11.8 Å². The summed E-state index contributed by atoms with van der Waals surface area (Å²) in [5, 5.41) is 3.69. The van der Waals surface area contributed by atoms with Gasteiger partial charge in [0.1, 0.15) is 5.75 Å². The van der Waals surface area contributed by atoms with Gasteiger partial charge in [0.25, 0.3) is 0 Å². The van der Waals surface area contributed by atoms with E-state index in [-0.39, 0.29) is 0 Å². The van der Waals surface area contributed by atoms with Crippen molar-refractivity contribution in [3.8, 4) is 5.75 Å². The Kier molecular flexibility index (Phi) is 4.62. The van der Waals surface area contributed by atoms with Crippen LogP contribution in [0.5, 0.6) is 5.75 Å². The Bertz CT molecular complexity index is 423. The first-order chi connectivity index (χ1) is 9.86. The van der Waals surface area contributed by atoms with Crippen LogP contribution >= 0.6 is 0 Å². The number of benzene rings is 1. The van der Waals surface area contributed by atoms with Gasteiger partial charge >= 0.3 is 0 Å². The number of ether oxygens (including phenoxy) is 1. The Morgan fingerprint density at radius 2 is 1.80 bits per heavy atom. The second-order valence-electron chi connectivity index (χ2n) is 6.50. The summed E-state index contributed by atoms with van der Waals surface area (Å²) in [6, 6.07) is 8.47. The summed E-state index contributed by atoms with van der Waals surface area (Å²) in [5.41, 5.74) is 1.38. The summed E-state index contributed by atoms with van der Waals surface area (Å²) in [6.45, 7) is 5.43. The van der Waals surface area contributed by atoms with E-state index in [2.05, 4.69) is 36.5 Å². The molecule has 110 valence electrons. The van der Waals surface area contributed by atoms with Crippen molar-refractivity contribution < 1.29 is 4.74 Å². The first-order valence-corrected chi connectivity index (χ1v) is 8.29. The molecule has 1 aromatic carbocycles. The predicted octanol–water partition coefficient (Wildman–Crippen LogP) is 3.97. The molecule has 0 bridgehead atoms. The average Bonchev–Trinajstić information content (AvgIpc) is 2.92. The minimum absolute atomic E-state index is 0.540. The normalized spacial score (nSPS) is 28.9. The Balaban J connectivity index is 1.41. The van der Waals surface area contributed by atoms with Gasteiger partial charge in [0.15, 0.2) is 0 Å². The molecular formula is C18H27NO. The quantitative estimate of drug-likeness (QED) is 0.876. The van der Waals surface area contributed by atoms with Crippen LogP contribution in [0.1, 0.15) is 50.5 Å². The molecule has 0 amide bonds. The molecule has 0 radical (unpaired) electrons. The van der Waals surface area contributed by atoms with Crippen molar-refractivity contribution >= 4 is 0 Å². The zero-order valence-electron chi connectivity index (χ0n) is 12.6. The van der Waals surface area contributed by atoms with Crippen molar-refractivity contribution in [1.29, 1.82) is 0 Å². The summed E-state index contributed by atoms with van der Waals surface area (Å²) < 4.78 is 5.74. The fourth-order valence-electron chi connectivity index (χ4n) is 3.70. The monoisotopic (exact) mass is 273 g/mol. The molecule has 1 fully saturated rings. The lowest BCUT2D eigenvalue weighted by atomic mass is 9.81. The van der Waals surface area contributed by atoms with Gasteiger partial charge in [-0.25, -0.2) is 0 Å². The van der Waals surface area contributed by atoms with Crippen LogP contribution in [0.4, 0.5) is 0 Å². The summed E-state index contributed by atoms with van der Waals surface area (Å²) in [6.07, 6.45) is 7.10. The Morgan fingerprint density at radius 3 is 2.60 bits per heavy atom. The van der Waals surface area contributed by atoms with Crippen LogP contribution < -0.4 is 10.1 Å². The summed E-state index contributed by atoms with van der Waals surface area (Å²) >= 11 is 0. The van der Waals surface area contributed by atoms with Gasteiger partial charge in [-0.15, -0.1) is 0 Å². The van der Waals surface area contributed by atoms with Gasteiger partial charge in [0, 0.05) is 18.0 Å². The van der Waals surface area contributed by atoms with E-state index in [0.717, 1.165) is 30.7 Å². The van der Waals surface area contributed by atoms with Crippen molar-refractivity contribution in [2.45, 2.75) is 44.9 Å². The Hall–Kier alpha value is -1.02. The molecule has 20 heavy (non-hydrogen) atoms. The highest BCUT2D eigenvalue weighted by atomic mass is 16.5. The third-order valence-corrected chi connectivity index (χ3v) is 5.17. The lowest BCUT2D eigenvalue weighted by Crippen LogP contribution is -2.30. The zero-order valence-corrected chi connectivity index (χ0v) is 12.6. The number of rotatable bonds is 5. The molecule has 2 aliphatic rings. The molecule has 1 heterocycles. The molecule has 2 nitrogen and oxygen atoms in total. The molecular weight excluding hydrogens is 246 g/mol. The van der Waals surface area contributed by atoms with E-state index in [1.54, 1.807) is 0 Å². The number of nitrogens with one attached hydrogen (secondary N) is 1. The molecule has 1 aliphatic carbocycles. The molecule has 0 saturated heterocycles. The molecule has 1 aromatic rings. The summed E-state index contributed by atoms with van der Waals surface area (Å²) in [4.78, 5) is 0. The molecule has 0 aromatic heterocycles. The van der Waals surface area contributed by atoms with Gasteiger partial charge in [-0.3, -0.25) is 0 Å². The van der Waals surface area contributed by atoms with Gasteiger partial charge in [0.2, 0.25) is 0 Å². The van der Waals surface area contributed by atoms with E-state index in [4.69, 9.17) is 4.74 Å².